The molecule has 0 bridgehead atoms. The van der Waals surface area contributed by atoms with Crippen molar-refractivity contribution in [1.82, 2.24) is 0 Å². The van der Waals surface area contributed by atoms with Crippen LogP contribution in [0.5, 0.6) is 0 Å². The lowest BCUT2D eigenvalue weighted by molar-refractivity contribution is -0.145. The molecule has 0 N–H and O–H groups in total. The molecule has 0 rings (SSSR count). The SMILES string of the molecule is CCCCCCCC(=O)OCCOCCOCCOCCOCCOCCC(=O)OC. The topological polar surface area (TPSA) is 98.8 Å². The van der Waals surface area contributed by atoms with Crippen molar-refractivity contribution in [3.8, 4) is 0 Å². The molecule has 0 amide bonds. The number of rotatable bonds is 24. The van der Waals surface area contributed by atoms with Gasteiger partial charge >= 0.3 is 11.9 Å². The number of carbonyl (C=O) groups is 2. The van der Waals surface area contributed by atoms with Crippen LogP contribution >= 0.6 is 0 Å². The third kappa shape index (κ3) is 24.9. The number of hydrogen-bond acceptors (Lipinski definition) is 9. The summed E-state index contributed by atoms with van der Waals surface area (Å²) in [6, 6.07) is 0. The Bertz CT molecular complexity index is 404. The zero-order valence-electron chi connectivity index (χ0n) is 19.4. The summed E-state index contributed by atoms with van der Waals surface area (Å²) in [5.41, 5.74) is 0. The van der Waals surface area contributed by atoms with Crippen molar-refractivity contribution >= 4 is 11.9 Å². The van der Waals surface area contributed by atoms with Crippen LogP contribution in [0.15, 0.2) is 0 Å². The summed E-state index contributed by atoms with van der Waals surface area (Å²) in [5, 5.41) is 0. The minimum absolute atomic E-state index is 0.149. The van der Waals surface area contributed by atoms with Crippen LogP contribution in [0.25, 0.3) is 0 Å². The lowest BCUT2D eigenvalue weighted by atomic mass is 10.1. The van der Waals surface area contributed by atoms with Crippen LogP contribution in [0.2, 0.25) is 0 Å². The number of esters is 2. The Hall–Kier alpha value is -1.26. The Morgan fingerprint density at radius 2 is 0.968 bits per heavy atom. The van der Waals surface area contributed by atoms with Crippen LogP contribution in [0.4, 0.5) is 0 Å². The van der Waals surface area contributed by atoms with Crippen LogP contribution in [0.3, 0.4) is 0 Å². The summed E-state index contributed by atoms with van der Waals surface area (Å²) in [6.45, 7) is 6.88. The molecule has 0 atom stereocenters. The highest BCUT2D eigenvalue weighted by atomic mass is 16.6. The molecular formula is C22H42O9. The van der Waals surface area contributed by atoms with E-state index in [1.807, 2.05) is 0 Å². The first-order chi connectivity index (χ1) is 15.2. The lowest BCUT2D eigenvalue weighted by Crippen LogP contribution is -2.15. The third-order valence-electron chi connectivity index (χ3n) is 4.14. The number of carbonyl (C=O) groups excluding carboxylic acids is 2. The van der Waals surface area contributed by atoms with Gasteiger partial charge in [-0.15, -0.1) is 0 Å². The Kier molecular flexibility index (Phi) is 24.0. The first-order valence-corrected chi connectivity index (χ1v) is 11.3. The van der Waals surface area contributed by atoms with Gasteiger partial charge in [-0.05, 0) is 6.42 Å². The zero-order valence-corrected chi connectivity index (χ0v) is 19.4. The van der Waals surface area contributed by atoms with Gasteiger partial charge in [0.05, 0.1) is 79.6 Å². The van der Waals surface area contributed by atoms with Gasteiger partial charge in [0.1, 0.15) is 6.61 Å². The largest absolute Gasteiger partial charge is 0.469 e. The molecule has 0 aromatic heterocycles. The smallest absolute Gasteiger partial charge is 0.307 e. The highest BCUT2D eigenvalue weighted by molar-refractivity contribution is 5.69. The molecule has 0 radical (unpaired) electrons. The van der Waals surface area contributed by atoms with E-state index in [-0.39, 0.29) is 25.0 Å². The highest BCUT2D eigenvalue weighted by Gasteiger charge is 2.02. The van der Waals surface area contributed by atoms with E-state index in [1.54, 1.807) is 0 Å². The van der Waals surface area contributed by atoms with Crippen LogP contribution in [-0.2, 0) is 42.7 Å². The normalized spacial score (nSPS) is 10.9. The maximum absolute atomic E-state index is 11.5. The molecule has 0 aromatic rings. The maximum atomic E-state index is 11.5. The molecule has 0 aliphatic rings. The first-order valence-electron chi connectivity index (χ1n) is 11.3. The molecule has 0 saturated carbocycles. The van der Waals surface area contributed by atoms with Crippen molar-refractivity contribution in [3.63, 3.8) is 0 Å². The summed E-state index contributed by atoms with van der Waals surface area (Å²) in [6.07, 6.45) is 6.33. The fourth-order valence-electron chi connectivity index (χ4n) is 2.40. The van der Waals surface area contributed by atoms with Gasteiger partial charge in [0.15, 0.2) is 0 Å². The number of unbranched alkanes of at least 4 members (excludes halogenated alkanes) is 4. The maximum Gasteiger partial charge on any atom is 0.307 e. The molecule has 0 aliphatic carbocycles. The first kappa shape index (κ1) is 29.7. The van der Waals surface area contributed by atoms with E-state index < -0.39 is 0 Å². The monoisotopic (exact) mass is 450 g/mol. The molecule has 9 heteroatoms. The fourth-order valence-corrected chi connectivity index (χ4v) is 2.40. The zero-order chi connectivity index (χ0) is 22.8. The van der Waals surface area contributed by atoms with Crippen molar-refractivity contribution < 1.29 is 42.7 Å². The van der Waals surface area contributed by atoms with Gasteiger partial charge in [-0.3, -0.25) is 9.59 Å². The second kappa shape index (κ2) is 25.0. The van der Waals surface area contributed by atoms with E-state index in [9.17, 15) is 9.59 Å². The van der Waals surface area contributed by atoms with E-state index >= 15 is 0 Å². The summed E-state index contributed by atoms with van der Waals surface area (Å²) in [4.78, 5) is 22.4. The Labute approximate surface area is 187 Å². The van der Waals surface area contributed by atoms with E-state index in [0.29, 0.717) is 72.5 Å². The third-order valence-corrected chi connectivity index (χ3v) is 4.14. The predicted molar refractivity (Wildman–Crippen MR) is 115 cm³/mol. The van der Waals surface area contributed by atoms with Gasteiger partial charge in [-0.2, -0.15) is 0 Å². The quantitative estimate of drug-likeness (QED) is 0.162. The van der Waals surface area contributed by atoms with Crippen molar-refractivity contribution in [2.45, 2.75) is 51.9 Å². The Morgan fingerprint density at radius 3 is 1.45 bits per heavy atom. The van der Waals surface area contributed by atoms with E-state index in [1.165, 1.54) is 26.4 Å². The van der Waals surface area contributed by atoms with Gasteiger partial charge in [0.2, 0.25) is 0 Å². The molecule has 184 valence electrons. The second-order valence-corrected chi connectivity index (χ2v) is 6.77. The average molecular weight is 451 g/mol. The van der Waals surface area contributed by atoms with Crippen molar-refractivity contribution in [3.05, 3.63) is 0 Å². The molecule has 0 spiro atoms. The van der Waals surface area contributed by atoms with Crippen molar-refractivity contribution in [2.24, 2.45) is 0 Å². The van der Waals surface area contributed by atoms with Crippen molar-refractivity contribution in [1.29, 1.82) is 0 Å². The minimum Gasteiger partial charge on any atom is -0.469 e. The number of methoxy groups -OCH3 is 1. The van der Waals surface area contributed by atoms with Gasteiger partial charge < -0.3 is 33.2 Å². The molecule has 0 saturated heterocycles. The van der Waals surface area contributed by atoms with Gasteiger partial charge in [-0.25, -0.2) is 0 Å². The van der Waals surface area contributed by atoms with Gasteiger partial charge in [0, 0.05) is 6.42 Å². The van der Waals surface area contributed by atoms with Crippen LogP contribution in [-0.4, -0.2) is 91.7 Å². The van der Waals surface area contributed by atoms with Crippen LogP contribution in [0, 0.1) is 0 Å². The van der Waals surface area contributed by atoms with Crippen molar-refractivity contribution in [2.75, 3.05) is 79.8 Å². The number of ether oxygens (including phenoxy) is 7. The Balaban J connectivity index is 3.12. The van der Waals surface area contributed by atoms with Crippen LogP contribution < -0.4 is 0 Å². The summed E-state index contributed by atoms with van der Waals surface area (Å²) >= 11 is 0. The molecule has 0 unspecified atom stereocenters. The van der Waals surface area contributed by atoms with Gasteiger partial charge in [-0.1, -0.05) is 32.6 Å². The van der Waals surface area contributed by atoms with E-state index in [2.05, 4.69) is 11.7 Å². The summed E-state index contributed by atoms with van der Waals surface area (Å²) in [5.74, 6) is -0.434. The fraction of sp³-hybridized carbons (Fsp3) is 0.909. The molecule has 9 nitrogen and oxygen atoms in total. The van der Waals surface area contributed by atoms with Crippen LogP contribution in [0.1, 0.15) is 51.9 Å². The van der Waals surface area contributed by atoms with E-state index in [0.717, 1.165) is 12.8 Å². The Morgan fingerprint density at radius 1 is 0.516 bits per heavy atom. The second-order valence-electron chi connectivity index (χ2n) is 6.77. The van der Waals surface area contributed by atoms with Gasteiger partial charge in [0.25, 0.3) is 0 Å². The van der Waals surface area contributed by atoms with E-state index in [4.69, 9.17) is 28.4 Å². The molecule has 0 heterocycles. The summed E-state index contributed by atoms with van der Waals surface area (Å²) < 4.78 is 36.3. The lowest BCUT2D eigenvalue weighted by Gasteiger charge is -2.08. The molecule has 31 heavy (non-hydrogen) atoms. The highest BCUT2D eigenvalue weighted by Crippen LogP contribution is 2.05. The molecule has 0 aromatic carbocycles. The summed E-state index contributed by atoms with van der Waals surface area (Å²) in [7, 11) is 1.35. The average Bonchev–Trinajstić information content (AvgIpc) is 2.77. The molecular weight excluding hydrogens is 408 g/mol. The predicted octanol–water partition coefficient (Wildman–Crippen LogP) is 2.54. The molecule has 0 aliphatic heterocycles. The minimum atomic E-state index is -0.285. The molecule has 0 fully saturated rings. The standard InChI is InChI=1S/C22H42O9/c1-3-4-5-6-7-8-22(24)31-20-19-30-18-17-29-16-15-28-14-13-27-12-11-26-10-9-21(23)25-2/h3-20H2,1-2H3. The number of hydrogen-bond donors (Lipinski definition) is 0.